The molecule has 0 aliphatic rings. The first-order valence-electron chi connectivity index (χ1n) is 5.44. The molecule has 0 unspecified atom stereocenters. The summed E-state index contributed by atoms with van der Waals surface area (Å²) in [6.07, 6.45) is 4.37. The van der Waals surface area contributed by atoms with Crippen molar-refractivity contribution in [2.75, 3.05) is 26.8 Å². The van der Waals surface area contributed by atoms with Crippen LogP contribution in [0.1, 0.15) is 12.5 Å². The van der Waals surface area contributed by atoms with Crippen LogP contribution in [-0.4, -0.2) is 42.6 Å². The van der Waals surface area contributed by atoms with Gasteiger partial charge in [-0.3, -0.25) is 9.78 Å². The lowest BCUT2D eigenvalue weighted by Gasteiger charge is -2.16. The lowest BCUT2D eigenvalue weighted by molar-refractivity contribution is -0.134. The van der Waals surface area contributed by atoms with Crippen LogP contribution in [-0.2, 0) is 16.0 Å². The molecular weight excluding hydrogens is 204 g/mol. The molecule has 1 aromatic heterocycles. The molecule has 0 atom stereocenters. The smallest absolute Gasteiger partial charge is 0.248 e. The second kappa shape index (κ2) is 6.95. The Morgan fingerprint density at radius 3 is 2.75 bits per heavy atom. The van der Waals surface area contributed by atoms with Gasteiger partial charge in [0.15, 0.2) is 0 Å². The number of carbonyl (C=O) groups excluding carboxylic acids is 1. The molecule has 88 valence electrons. The summed E-state index contributed by atoms with van der Waals surface area (Å²) in [5.74, 6) is 0.0240. The first kappa shape index (κ1) is 12.6. The van der Waals surface area contributed by atoms with Crippen LogP contribution in [0.2, 0.25) is 0 Å². The van der Waals surface area contributed by atoms with Gasteiger partial charge >= 0.3 is 0 Å². The van der Waals surface area contributed by atoms with E-state index in [0.29, 0.717) is 13.2 Å². The number of hydrogen-bond donors (Lipinski definition) is 0. The Bertz CT molecular complexity index is 314. The number of likely N-dealkylation sites (N-methyl/N-ethyl adjacent to an activating group) is 1. The summed E-state index contributed by atoms with van der Waals surface area (Å²) < 4.78 is 5.07. The van der Waals surface area contributed by atoms with Gasteiger partial charge in [0.1, 0.15) is 6.61 Å². The van der Waals surface area contributed by atoms with Gasteiger partial charge in [0.25, 0.3) is 0 Å². The quantitative estimate of drug-likeness (QED) is 0.724. The second-order valence-electron chi connectivity index (χ2n) is 3.56. The molecule has 1 amide bonds. The maximum Gasteiger partial charge on any atom is 0.248 e. The summed E-state index contributed by atoms with van der Waals surface area (Å²) in [5, 5.41) is 0. The molecule has 0 saturated carbocycles. The molecule has 0 N–H and O–H groups in total. The highest BCUT2D eigenvalue weighted by atomic mass is 16.5. The second-order valence-corrected chi connectivity index (χ2v) is 3.56. The number of rotatable bonds is 6. The van der Waals surface area contributed by atoms with Crippen molar-refractivity contribution in [3.63, 3.8) is 0 Å². The third-order valence-electron chi connectivity index (χ3n) is 2.34. The molecule has 0 radical (unpaired) electrons. The minimum absolute atomic E-state index is 0.0240. The van der Waals surface area contributed by atoms with Crippen molar-refractivity contribution in [3.05, 3.63) is 30.1 Å². The van der Waals surface area contributed by atoms with Crippen LogP contribution in [0, 0.1) is 0 Å². The fourth-order valence-corrected chi connectivity index (χ4v) is 1.27. The molecule has 0 aliphatic heterocycles. The summed E-state index contributed by atoms with van der Waals surface area (Å²) in [6, 6.07) is 3.92. The number of amides is 1. The molecule has 4 nitrogen and oxygen atoms in total. The molecule has 1 rings (SSSR count). The van der Waals surface area contributed by atoms with Crippen LogP contribution in [0.5, 0.6) is 0 Å². The molecule has 1 aromatic rings. The SMILES string of the molecule is CCOCC(=O)N(C)CCc1ccncc1. The highest BCUT2D eigenvalue weighted by molar-refractivity contribution is 5.77. The summed E-state index contributed by atoms with van der Waals surface area (Å²) >= 11 is 0. The number of nitrogens with zero attached hydrogens (tertiary/aromatic N) is 2. The van der Waals surface area contributed by atoms with E-state index in [1.807, 2.05) is 19.1 Å². The minimum Gasteiger partial charge on any atom is -0.372 e. The van der Waals surface area contributed by atoms with Crippen molar-refractivity contribution in [1.29, 1.82) is 0 Å². The maximum atomic E-state index is 11.5. The third-order valence-corrected chi connectivity index (χ3v) is 2.34. The van der Waals surface area contributed by atoms with E-state index in [4.69, 9.17) is 4.74 Å². The Morgan fingerprint density at radius 1 is 1.44 bits per heavy atom. The first-order chi connectivity index (χ1) is 7.74. The number of carbonyl (C=O) groups is 1. The zero-order valence-corrected chi connectivity index (χ0v) is 9.85. The van der Waals surface area contributed by atoms with E-state index in [0.717, 1.165) is 6.42 Å². The topological polar surface area (TPSA) is 42.4 Å². The van der Waals surface area contributed by atoms with Crippen LogP contribution in [0.15, 0.2) is 24.5 Å². The molecule has 1 heterocycles. The zero-order valence-electron chi connectivity index (χ0n) is 9.85. The first-order valence-corrected chi connectivity index (χ1v) is 5.44. The Morgan fingerprint density at radius 2 is 2.12 bits per heavy atom. The molecule has 0 saturated heterocycles. The van der Waals surface area contributed by atoms with Crippen LogP contribution in [0.4, 0.5) is 0 Å². The van der Waals surface area contributed by atoms with E-state index in [1.165, 1.54) is 5.56 Å². The van der Waals surface area contributed by atoms with E-state index in [9.17, 15) is 4.79 Å². The van der Waals surface area contributed by atoms with Gasteiger partial charge < -0.3 is 9.64 Å². The van der Waals surface area contributed by atoms with Gasteiger partial charge in [0.2, 0.25) is 5.91 Å². The molecule has 0 aromatic carbocycles. The van der Waals surface area contributed by atoms with Crippen LogP contribution in [0.3, 0.4) is 0 Å². The van der Waals surface area contributed by atoms with Crippen molar-refractivity contribution in [2.24, 2.45) is 0 Å². The Labute approximate surface area is 96.2 Å². The third kappa shape index (κ3) is 4.40. The number of ether oxygens (including phenoxy) is 1. The van der Waals surface area contributed by atoms with Crippen molar-refractivity contribution >= 4 is 5.91 Å². The Hall–Kier alpha value is -1.42. The van der Waals surface area contributed by atoms with Crippen molar-refractivity contribution in [1.82, 2.24) is 9.88 Å². The molecule has 0 bridgehead atoms. The normalized spacial score (nSPS) is 10.1. The van der Waals surface area contributed by atoms with Gasteiger partial charge in [0.05, 0.1) is 0 Å². The van der Waals surface area contributed by atoms with E-state index in [2.05, 4.69) is 4.98 Å². The Kier molecular flexibility index (Phi) is 5.50. The standard InChI is InChI=1S/C12H18N2O2/c1-3-16-10-12(15)14(2)9-6-11-4-7-13-8-5-11/h4-5,7-8H,3,6,9-10H2,1-2H3. The highest BCUT2D eigenvalue weighted by Crippen LogP contribution is 1.99. The molecule has 4 heteroatoms. The fraction of sp³-hybridized carbons (Fsp3) is 0.500. The summed E-state index contributed by atoms with van der Waals surface area (Å²) in [5.41, 5.74) is 1.19. The number of aromatic nitrogens is 1. The van der Waals surface area contributed by atoms with E-state index >= 15 is 0 Å². The molecular formula is C12H18N2O2. The lowest BCUT2D eigenvalue weighted by atomic mass is 10.2. The van der Waals surface area contributed by atoms with Gasteiger partial charge in [-0.25, -0.2) is 0 Å². The predicted molar refractivity (Wildman–Crippen MR) is 62.1 cm³/mol. The summed E-state index contributed by atoms with van der Waals surface area (Å²) in [6.45, 7) is 3.33. The van der Waals surface area contributed by atoms with Gasteiger partial charge in [-0.15, -0.1) is 0 Å². The van der Waals surface area contributed by atoms with E-state index in [1.54, 1.807) is 24.3 Å². The highest BCUT2D eigenvalue weighted by Gasteiger charge is 2.07. The van der Waals surface area contributed by atoms with E-state index in [-0.39, 0.29) is 12.5 Å². The lowest BCUT2D eigenvalue weighted by Crippen LogP contribution is -2.32. The summed E-state index contributed by atoms with van der Waals surface area (Å²) in [4.78, 5) is 17.1. The fourth-order valence-electron chi connectivity index (χ4n) is 1.27. The predicted octanol–water partition coefficient (Wildman–Crippen LogP) is 1.12. The number of pyridine rings is 1. The zero-order chi connectivity index (χ0) is 11.8. The van der Waals surface area contributed by atoms with Gasteiger partial charge in [-0.1, -0.05) is 0 Å². The molecule has 0 aliphatic carbocycles. The largest absolute Gasteiger partial charge is 0.372 e. The monoisotopic (exact) mass is 222 g/mol. The van der Waals surface area contributed by atoms with Crippen molar-refractivity contribution < 1.29 is 9.53 Å². The van der Waals surface area contributed by atoms with Gasteiger partial charge in [-0.05, 0) is 31.0 Å². The van der Waals surface area contributed by atoms with Crippen LogP contribution >= 0.6 is 0 Å². The van der Waals surface area contributed by atoms with Crippen LogP contribution < -0.4 is 0 Å². The molecule has 0 fully saturated rings. The summed E-state index contributed by atoms with van der Waals surface area (Å²) in [7, 11) is 1.79. The molecule has 0 spiro atoms. The van der Waals surface area contributed by atoms with E-state index < -0.39 is 0 Å². The Balaban J connectivity index is 2.29. The molecule has 16 heavy (non-hydrogen) atoms. The van der Waals surface area contributed by atoms with Crippen LogP contribution in [0.25, 0.3) is 0 Å². The van der Waals surface area contributed by atoms with Crippen molar-refractivity contribution in [2.45, 2.75) is 13.3 Å². The van der Waals surface area contributed by atoms with Crippen molar-refractivity contribution in [3.8, 4) is 0 Å². The van der Waals surface area contributed by atoms with Gasteiger partial charge in [-0.2, -0.15) is 0 Å². The minimum atomic E-state index is 0.0240. The maximum absolute atomic E-state index is 11.5. The number of hydrogen-bond acceptors (Lipinski definition) is 3. The average molecular weight is 222 g/mol. The average Bonchev–Trinajstić information content (AvgIpc) is 2.34. The van der Waals surface area contributed by atoms with Gasteiger partial charge in [0, 0.05) is 32.6 Å².